The van der Waals surface area contributed by atoms with Gasteiger partial charge < -0.3 is 10.1 Å². The molecule has 1 unspecified atom stereocenters. The van der Waals surface area contributed by atoms with Crippen LogP contribution >= 0.6 is 11.6 Å². The van der Waals surface area contributed by atoms with Crippen molar-refractivity contribution in [1.82, 2.24) is 19.7 Å². The standard InChI is InChI=1S/C24H19ClFN5O2/c1-14-10-21(33-13-20-18(26)4-3-9-28-20)23-29-15(2)22(31(23)12-14)24(32)30-19(11-27)16-5-7-17(25)8-6-16/h3-10,12,19H,13H2,1-2H3,(H,30,32). The molecule has 0 radical (unpaired) electrons. The van der Waals surface area contributed by atoms with Crippen LogP contribution in [0.2, 0.25) is 5.02 Å². The summed E-state index contributed by atoms with van der Waals surface area (Å²) in [5.41, 5.74) is 2.72. The Morgan fingerprint density at radius 3 is 2.76 bits per heavy atom. The Kier molecular flexibility index (Phi) is 6.24. The van der Waals surface area contributed by atoms with Crippen molar-refractivity contribution >= 4 is 23.2 Å². The number of amides is 1. The molecule has 1 N–H and O–H groups in total. The van der Waals surface area contributed by atoms with Gasteiger partial charge in [-0.15, -0.1) is 0 Å². The zero-order valence-electron chi connectivity index (χ0n) is 17.8. The number of carbonyl (C=O) groups is 1. The molecule has 0 bridgehead atoms. The summed E-state index contributed by atoms with van der Waals surface area (Å²) >= 11 is 5.92. The molecule has 33 heavy (non-hydrogen) atoms. The van der Waals surface area contributed by atoms with E-state index in [1.807, 2.05) is 6.92 Å². The lowest BCUT2D eigenvalue weighted by Crippen LogP contribution is -2.29. The highest BCUT2D eigenvalue weighted by molar-refractivity contribution is 6.30. The van der Waals surface area contributed by atoms with Gasteiger partial charge in [-0.2, -0.15) is 5.26 Å². The van der Waals surface area contributed by atoms with Gasteiger partial charge in [-0.05, 0) is 55.3 Å². The number of aromatic nitrogens is 3. The van der Waals surface area contributed by atoms with Crippen LogP contribution in [0, 0.1) is 31.0 Å². The quantitative estimate of drug-likeness (QED) is 0.447. The third kappa shape index (κ3) is 4.64. The molecule has 0 saturated carbocycles. The Hall–Kier alpha value is -3.96. The molecule has 0 fully saturated rings. The Morgan fingerprint density at radius 2 is 2.06 bits per heavy atom. The summed E-state index contributed by atoms with van der Waals surface area (Å²) in [6, 6.07) is 12.5. The van der Waals surface area contributed by atoms with Gasteiger partial charge in [-0.3, -0.25) is 14.2 Å². The number of carbonyl (C=O) groups excluding carboxylic acids is 1. The number of hydrogen-bond acceptors (Lipinski definition) is 5. The van der Waals surface area contributed by atoms with Crippen molar-refractivity contribution < 1.29 is 13.9 Å². The van der Waals surface area contributed by atoms with E-state index in [4.69, 9.17) is 16.3 Å². The van der Waals surface area contributed by atoms with Crippen molar-refractivity contribution in [3.63, 3.8) is 0 Å². The topological polar surface area (TPSA) is 92.3 Å². The summed E-state index contributed by atoms with van der Waals surface area (Å²) in [6.07, 6.45) is 3.24. The van der Waals surface area contributed by atoms with E-state index in [-0.39, 0.29) is 18.0 Å². The Labute approximate surface area is 194 Å². The number of rotatable bonds is 6. The molecule has 0 spiro atoms. The zero-order chi connectivity index (χ0) is 23.5. The largest absolute Gasteiger partial charge is 0.483 e. The molecule has 4 aromatic rings. The van der Waals surface area contributed by atoms with Gasteiger partial charge in [0.2, 0.25) is 0 Å². The molecule has 1 atom stereocenters. The molecule has 7 nitrogen and oxygen atoms in total. The van der Waals surface area contributed by atoms with Crippen LogP contribution in [0.4, 0.5) is 4.39 Å². The number of pyridine rings is 2. The number of halogens is 2. The third-order valence-corrected chi connectivity index (χ3v) is 5.27. The number of aryl methyl sites for hydroxylation is 2. The maximum atomic E-state index is 13.9. The summed E-state index contributed by atoms with van der Waals surface area (Å²) in [4.78, 5) is 21.6. The maximum Gasteiger partial charge on any atom is 0.271 e. The maximum absolute atomic E-state index is 13.9. The highest BCUT2D eigenvalue weighted by Gasteiger charge is 2.23. The Morgan fingerprint density at radius 1 is 1.30 bits per heavy atom. The van der Waals surface area contributed by atoms with Crippen molar-refractivity contribution in [2.24, 2.45) is 0 Å². The molecule has 4 rings (SSSR count). The SMILES string of the molecule is Cc1cc(OCc2ncccc2F)c2nc(C)c(C(=O)NC(C#N)c3ccc(Cl)cc3)n2c1. The molecule has 3 heterocycles. The van der Waals surface area contributed by atoms with Gasteiger partial charge in [0.1, 0.15) is 29.9 Å². The summed E-state index contributed by atoms with van der Waals surface area (Å²) < 4.78 is 21.4. The van der Waals surface area contributed by atoms with Crippen LogP contribution in [0.5, 0.6) is 5.75 Å². The van der Waals surface area contributed by atoms with Gasteiger partial charge in [0, 0.05) is 17.4 Å². The van der Waals surface area contributed by atoms with Gasteiger partial charge in [-0.25, -0.2) is 9.37 Å². The second-order valence-corrected chi connectivity index (χ2v) is 7.87. The van der Waals surface area contributed by atoms with Gasteiger partial charge in [0.15, 0.2) is 11.4 Å². The number of nitrogens with one attached hydrogen (secondary N) is 1. The molecule has 1 amide bonds. The fourth-order valence-corrected chi connectivity index (χ4v) is 3.58. The average Bonchev–Trinajstić information content (AvgIpc) is 3.13. The average molecular weight is 464 g/mol. The second kappa shape index (κ2) is 9.27. The predicted octanol–water partition coefficient (Wildman–Crippen LogP) is 4.71. The van der Waals surface area contributed by atoms with Gasteiger partial charge in [0.25, 0.3) is 5.91 Å². The minimum absolute atomic E-state index is 0.0910. The highest BCUT2D eigenvalue weighted by atomic mass is 35.5. The van der Waals surface area contributed by atoms with E-state index < -0.39 is 17.8 Å². The molecule has 166 valence electrons. The van der Waals surface area contributed by atoms with Gasteiger partial charge in [-0.1, -0.05) is 23.7 Å². The van der Waals surface area contributed by atoms with E-state index in [2.05, 4.69) is 21.4 Å². The third-order valence-electron chi connectivity index (χ3n) is 5.02. The van der Waals surface area contributed by atoms with Gasteiger partial charge in [0.05, 0.1) is 11.8 Å². The van der Waals surface area contributed by atoms with Crippen molar-refractivity contribution in [1.29, 1.82) is 5.26 Å². The minimum Gasteiger partial charge on any atom is -0.483 e. The lowest BCUT2D eigenvalue weighted by Gasteiger charge is -2.13. The van der Waals surface area contributed by atoms with Crippen molar-refractivity contribution in [3.05, 3.63) is 93.9 Å². The van der Waals surface area contributed by atoms with Crippen LogP contribution in [0.3, 0.4) is 0 Å². The summed E-state index contributed by atoms with van der Waals surface area (Å²) in [5.74, 6) is -0.545. The zero-order valence-corrected chi connectivity index (χ0v) is 18.6. The predicted molar refractivity (Wildman–Crippen MR) is 120 cm³/mol. The number of nitrogens with zero attached hydrogens (tertiary/aromatic N) is 4. The highest BCUT2D eigenvalue weighted by Crippen LogP contribution is 2.26. The minimum atomic E-state index is -0.868. The fourth-order valence-electron chi connectivity index (χ4n) is 3.45. The first-order valence-corrected chi connectivity index (χ1v) is 10.4. The summed E-state index contributed by atoms with van der Waals surface area (Å²) in [6.45, 7) is 3.45. The molecule has 0 saturated heterocycles. The van der Waals surface area contributed by atoms with Crippen molar-refractivity contribution in [3.8, 4) is 11.8 Å². The molecule has 0 aliphatic heterocycles. The summed E-state index contributed by atoms with van der Waals surface area (Å²) in [5, 5.41) is 12.9. The van der Waals surface area contributed by atoms with Crippen LogP contribution in [0.25, 0.3) is 5.65 Å². The van der Waals surface area contributed by atoms with E-state index in [0.29, 0.717) is 27.7 Å². The monoisotopic (exact) mass is 463 g/mol. The summed E-state index contributed by atoms with van der Waals surface area (Å²) in [7, 11) is 0. The lowest BCUT2D eigenvalue weighted by atomic mass is 10.1. The molecule has 0 aliphatic carbocycles. The Balaban J connectivity index is 1.65. The van der Waals surface area contributed by atoms with Crippen LogP contribution in [-0.4, -0.2) is 20.3 Å². The van der Waals surface area contributed by atoms with Crippen molar-refractivity contribution in [2.45, 2.75) is 26.5 Å². The number of benzene rings is 1. The van der Waals surface area contributed by atoms with Crippen molar-refractivity contribution in [2.75, 3.05) is 0 Å². The van der Waals surface area contributed by atoms with Gasteiger partial charge >= 0.3 is 0 Å². The van der Waals surface area contributed by atoms with E-state index in [0.717, 1.165) is 5.56 Å². The van der Waals surface area contributed by atoms with E-state index in [1.54, 1.807) is 47.9 Å². The fraction of sp³-hybridized carbons (Fsp3) is 0.167. The number of ether oxygens (including phenoxy) is 1. The Bertz CT molecular complexity index is 1380. The number of hydrogen-bond donors (Lipinski definition) is 1. The number of nitriles is 1. The molecular formula is C24H19ClFN5O2. The number of fused-ring (bicyclic) bond motifs is 1. The molecule has 1 aromatic carbocycles. The first-order valence-electron chi connectivity index (χ1n) is 10.0. The molecule has 0 aliphatic rings. The molecule has 3 aromatic heterocycles. The molecule has 9 heteroatoms. The van der Waals surface area contributed by atoms with E-state index in [9.17, 15) is 14.4 Å². The lowest BCUT2D eigenvalue weighted by molar-refractivity contribution is 0.0938. The van der Waals surface area contributed by atoms with Crippen LogP contribution in [0.1, 0.15) is 39.0 Å². The van der Waals surface area contributed by atoms with Crippen LogP contribution in [-0.2, 0) is 6.61 Å². The second-order valence-electron chi connectivity index (χ2n) is 7.43. The molecular weight excluding hydrogens is 445 g/mol. The van der Waals surface area contributed by atoms with Crippen LogP contribution < -0.4 is 10.1 Å². The van der Waals surface area contributed by atoms with E-state index >= 15 is 0 Å². The normalized spacial score (nSPS) is 11.7. The first kappa shape index (κ1) is 22.2. The first-order chi connectivity index (χ1) is 15.9. The van der Waals surface area contributed by atoms with Crippen LogP contribution in [0.15, 0.2) is 54.9 Å². The number of imidazole rings is 1. The smallest absolute Gasteiger partial charge is 0.271 e. The van der Waals surface area contributed by atoms with E-state index in [1.165, 1.54) is 18.3 Å².